The average molecular weight is 268 g/mol. The Morgan fingerprint density at radius 3 is 2.58 bits per heavy atom. The van der Waals surface area contributed by atoms with Crippen molar-refractivity contribution in [2.45, 2.75) is 0 Å². The van der Waals surface area contributed by atoms with Crippen LogP contribution in [0.1, 0.15) is 10.4 Å². The minimum atomic E-state index is -1.37. The van der Waals surface area contributed by atoms with Crippen LogP contribution in [0.2, 0.25) is 0 Å². The summed E-state index contributed by atoms with van der Waals surface area (Å²) in [4.78, 5) is 31.2. The molecule has 102 valence electrons. The number of carboxylic acids is 1. The summed E-state index contributed by atoms with van der Waals surface area (Å²) in [5.41, 5.74) is 4.35. The van der Waals surface area contributed by atoms with Gasteiger partial charge in [-0.1, -0.05) is 0 Å². The highest BCUT2D eigenvalue weighted by atomic mass is 16.6. The van der Waals surface area contributed by atoms with Gasteiger partial charge in [0, 0.05) is 24.8 Å². The molecule has 0 bridgehead atoms. The van der Waals surface area contributed by atoms with E-state index in [2.05, 4.69) is 10.6 Å². The van der Waals surface area contributed by atoms with Crippen molar-refractivity contribution in [2.24, 2.45) is 5.73 Å². The second-order valence-corrected chi connectivity index (χ2v) is 3.51. The zero-order valence-corrected chi connectivity index (χ0v) is 9.75. The van der Waals surface area contributed by atoms with Crippen molar-refractivity contribution in [3.63, 3.8) is 0 Å². The van der Waals surface area contributed by atoms with Gasteiger partial charge in [0.2, 0.25) is 0 Å². The van der Waals surface area contributed by atoms with Crippen LogP contribution in [0.5, 0.6) is 0 Å². The predicted molar refractivity (Wildman–Crippen MR) is 66.1 cm³/mol. The molecule has 5 N–H and O–H groups in total. The lowest BCUT2D eigenvalue weighted by Crippen LogP contribution is -2.33. The molecule has 19 heavy (non-hydrogen) atoms. The first-order valence-corrected chi connectivity index (χ1v) is 5.20. The molecule has 0 aromatic heterocycles. The molecule has 1 aromatic carbocycles. The predicted octanol–water partition coefficient (Wildman–Crippen LogP) is 0.373. The normalized spacial score (nSPS) is 9.68. The van der Waals surface area contributed by atoms with E-state index in [9.17, 15) is 19.7 Å². The Morgan fingerprint density at radius 1 is 1.37 bits per heavy atom. The second kappa shape index (κ2) is 6.19. The third-order valence-corrected chi connectivity index (χ3v) is 2.18. The number of nitrogens with one attached hydrogen (secondary N) is 2. The van der Waals surface area contributed by atoms with Gasteiger partial charge in [0.05, 0.1) is 4.92 Å². The largest absolute Gasteiger partial charge is 0.477 e. The summed E-state index contributed by atoms with van der Waals surface area (Å²) >= 11 is 0. The lowest BCUT2D eigenvalue weighted by Gasteiger charge is -2.07. The molecule has 0 aliphatic carbocycles. The van der Waals surface area contributed by atoms with E-state index in [0.717, 1.165) is 12.1 Å². The van der Waals surface area contributed by atoms with E-state index < -0.39 is 22.6 Å². The van der Waals surface area contributed by atoms with Crippen molar-refractivity contribution in [3.8, 4) is 0 Å². The van der Waals surface area contributed by atoms with Crippen LogP contribution in [0.25, 0.3) is 0 Å². The van der Waals surface area contributed by atoms with Gasteiger partial charge >= 0.3 is 12.0 Å². The molecule has 0 spiro atoms. The molecule has 0 saturated carbocycles. The molecule has 0 fully saturated rings. The number of rotatable bonds is 6. The van der Waals surface area contributed by atoms with E-state index in [1.165, 1.54) is 6.07 Å². The molecular formula is C10H12N4O5. The van der Waals surface area contributed by atoms with Gasteiger partial charge in [-0.25, -0.2) is 9.59 Å². The van der Waals surface area contributed by atoms with Crippen LogP contribution in [0.15, 0.2) is 18.2 Å². The number of nitrogens with two attached hydrogens (primary N) is 1. The van der Waals surface area contributed by atoms with Gasteiger partial charge in [0.25, 0.3) is 5.69 Å². The molecule has 0 aliphatic heterocycles. The molecule has 0 heterocycles. The number of anilines is 1. The summed E-state index contributed by atoms with van der Waals surface area (Å²) in [5.74, 6) is -1.37. The van der Waals surface area contributed by atoms with E-state index in [1.54, 1.807) is 0 Å². The summed E-state index contributed by atoms with van der Waals surface area (Å²) < 4.78 is 0. The van der Waals surface area contributed by atoms with Crippen molar-refractivity contribution in [2.75, 3.05) is 18.4 Å². The molecule has 9 heteroatoms. The number of amides is 2. The SMILES string of the molecule is NC(=O)NCCNc1ccc(C(=O)O)c([N+](=O)[O-])c1. The quantitative estimate of drug-likeness (QED) is 0.333. The number of carbonyl (C=O) groups is 2. The molecule has 0 radical (unpaired) electrons. The molecule has 2 amide bonds. The van der Waals surface area contributed by atoms with Crippen LogP contribution in [-0.2, 0) is 0 Å². The van der Waals surface area contributed by atoms with Gasteiger partial charge < -0.3 is 21.5 Å². The molecule has 0 aliphatic rings. The fourth-order valence-corrected chi connectivity index (χ4v) is 1.37. The number of nitro benzene ring substituents is 1. The molecule has 0 unspecified atom stereocenters. The maximum absolute atomic E-state index is 10.8. The second-order valence-electron chi connectivity index (χ2n) is 3.51. The molecule has 1 rings (SSSR count). The Balaban J connectivity index is 2.76. The maximum Gasteiger partial charge on any atom is 0.342 e. The Kier molecular flexibility index (Phi) is 4.63. The highest BCUT2D eigenvalue weighted by Crippen LogP contribution is 2.23. The van der Waals surface area contributed by atoms with Gasteiger partial charge in [-0.2, -0.15) is 0 Å². The van der Waals surface area contributed by atoms with Crippen molar-refractivity contribution < 1.29 is 19.6 Å². The minimum absolute atomic E-state index is 0.240. The van der Waals surface area contributed by atoms with Crippen molar-refractivity contribution in [1.82, 2.24) is 5.32 Å². The fraction of sp³-hybridized carbons (Fsp3) is 0.200. The number of hydrogen-bond donors (Lipinski definition) is 4. The van der Waals surface area contributed by atoms with E-state index >= 15 is 0 Å². The number of carbonyl (C=O) groups excluding carboxylic acids is 1. The summed E-state index contributed by atoms with van der Waals surface area (Å²) in [6, 6.07) is 2.99. The standard InChI is InChI=1S/C10H12N4O5/c11-10(17)13-4-3-12-6-1-2-7(9(15)16)8(5-6)14(18)19/h1-2,5,12H,3-4H2,(H,15,16)(H3,11,13,17). The van der Waals surface area contributed by atoms with Crippen LogP contribution >= 0.6 is 0 Å². The number of carboxylic acid groups (broad SMARTS) is 1. The van der Waals surface area contributed by atoms with Crippen molar-refractivity contribution in [3.05, 3.63) is 33.9 Å². The molecule has 0 atom stereocenters. The monoisotopic (exact) mass is 268 g/mol. The van der Waals surface area contributed by atoms with E-state index in [1.807, 2.05) is 0 Å². The Morgan fingerprint density at radius 2 is 2.05 bits per heavy atom. The number of primary amides is 1. The summed E-state index contributed by atoms with van der Waals surface area (Å²) in [5, 5.41) is 24.7. The van der Waals surface area contributed by atoms with Gasteiger partial charge in [-0.3, -0.25) is 10.1 Å². The average Bonchev–Trinajstić information content (AvgIpc) is 2.33. The molecule has 9 nitrogen and oxygen atoms in total. The number of nitrogens with zero attached hydrogens (tertiary/aromatic N) is 1. The minimum Gasteiger partial charge on any atom is -0.477 e. The molecular weight excluding hydrogens is 256 g/mol. The number of benzene rings is 1. The number of aromatic carboxylic acids is 1. The molecule has 1 aromatic rings. The third-order valence-electron chi connectivity index (χ3n) is 2.18. The summed E-state index contributed by atoms with van der Waals surface area (Å²) in [6.45, 7) is 0.538. The number of hydrogen-bond acceptors (Lipinski definition) is 5. The highest BCUT2D eigenvalue weighted by Gasteiger charge is 2.19. The maximum atomic E-state index is 10.8. The van der Waals surface area contributed by atoms with Crippen LogP contribution in [0.4, 0.5) is 16.2 Å². The number of urea groups is 1. The van der Waals surface area contributed by atoms with E-state index in [-0.39, 0.29) is 12.1 Å². The number of nitro groups is 1. The van der Waals surface area contributed by atoms with Crippen LogP contribution < -0.4 is 16.4 Å². The van der Waals surface area contributed by atoms with Gasteiger partial charge in [-0.05, 0) is 12.1 Å². The first-order valence-electron chi connectivity index (χ1n) is 5.20. The van der Waals surface area contributed by atoms with Crippen LogP contribution in [0, 0.1) is 10.1 Å². The van der Waals surface area contributed by atoms with Crippen molar-refractivity contribution in [1.29, 1.82) is 0 Å². The smallest absolute Gasteiger partial charge is 0.342 e. The Bertz CT molecular complexity index is 517. The third kappa shape index (κ3) is 4.15. The lowest BCUT2D eigenvalue weighted by molar-refractivity contribution is -0.385. The highest BCUT2D eigenvalue weighted by molar-refractivity contribution is 5.93. The van der Waals surface area contributed by atoms with Gasteiger partial charge in [0.1, 0.15) is 5.56 Å². The van der Waals surface area contributed by atoms with E-state index in [4.69, 9.17) is 10.8 Å². The lowest BCUT2D eigenvalue weighted by atomic mass is 10.1. The Labute approximate surface area is 107 Å². The van der Waals surface area contributed by atoms with Gasteiger partial charge in [-0.15, -0.1) is 0 Å². The summed E-state index contributed by atoms with van der Waals surface area (Å²) in [6.07, 6.45) is 0. The Hall–Kier alpha value is -2.84. The first-order chi connectivity index (χ1) is 8.91. The fourth-order valence-electron chi connectivity index (χ4n) is 1.37. The zero-order valence-electron chi connectivity index (χ0n) is 9.75. The van der Waals surface area contributed by atoms with Crippen molar-refractivity contribution >= 4 is 23.4 Å². The van der Waals surface area contributed by atoms with Crippen LogP contribution in [-0.4, -0.2) is 35.1 Å². The van der Waals surface area contributed by atoms with E-state index in [0.29, 0.717) is 12.2 Å². The molecule has 0 saturated heterocycles. The topological polar surface area (TPSA) is 148 Å². The van der Waals surface area contributed by atoms with Gasteiger partial charge in [0.15, 0.2) is 0 Å². The zero-order chi connectivity index (χ0) is 14.4. The first kappa shape index (κ1) is 14.2. The summed E-state index contributed by atoms with van der Waals surface area (Å²) in [7, 11) is 0. The van der Waals surface area contributed by atoms with Crippen LogP contribution in [0.3, 0.4) is 0 Å².